The Bertz CT molecular complexity index is 298. The molecule has 4 N–H and O–H groups in total. The lowest BCUT2D eigenvalue weighted by Crippen LogP contribution is -2.38. The Hall–Kier alpha value is -0.690. The van der Waals surface area contributed by atoms with Gasteiger partial charge in [-0.3, -0.25) is 4.79 Å². The molecule has 1 atom stereocenters. The molecular formula is C15H32O6. The van der Waals surface area contributed by atoms with Gasteiger partial charge >= 0.3 is 5.97 Å². The standard InChI is InChI=1S/C10H20O4.C5H12O2/c1-9(2,3)7(12)14-8(13)10(4,5)6-11;1-5(2,3-6)4-7/h7,11-12H,6H2,1-5H3;6-7H,3-4H2,1-2H3. The summed E-state index contributed by atoms with van der Waals surface area (Å²) >= 11 is 0. The van der Waals surface area contributed by atoms with E-state index < -0.39 is 23.1 Å². The van der Waals surface area contributed by atoms with Gasteiger partial charge in [0.05, 0.1) is 25.2 Å². The molecule has 0 spiro atoms. The van der Waals surface area contributed by atoms with Crippen molar-refractivity contribution in [3.63, 3.8) is 0 Å². The fraction of sp³-hybridized carbons (Fsp3) is 0.933. The Kier molecular flexibility index (Phi) is 9.34. The zero-order valence-corrected chi connectivity index (χ0v) is 14.3. The second kappa shape index (κ2) is 8.68. The van der Waals surface area contributed by atoms with E-state index in [-0.39, 0.29) is 25.2 Å². The van der Waals surface area contributed by atoms with Crippen molar-refractivity contribution < 1.29 is 30.0 Å². The molecule has 21 heavy (non-hydrogen) atoms. The summed E-state index contributed by atoms with van der Waals surface area (Å²) in [6.45, 7) is 11.8. The van der Waals surface area contributed by atoms with Crippen LogP contribution in [0.2, 0.25) is 0 Å². The van der Waals surface area contributed by atoms with Gasteiger partial charge in [-0.25, -0.2) is 0 Å². The van der Waals surface area contributed by atoms with Crippen molar-refractivity contribution in [1.82, 2.24) is 0 Å². The molecule has 0 saturated heterocycles. The molecule has 0 aromatic rings. The predicted octanol–water partition coefficient (Wildman–Crippen LogP) is 0.910. The smallest absolute Gasteiger partial charge is 0.316 e. The van der Waals surface area contributed by atoms with E-state index in [9.17, 15) is 9.90 Å². The molecule has 0 heterocycles. The summed E-state index contributed by atoms with van der Waals surface area (Å²) in [7, 11) is 0. The van der Waals surface area contributed by atoms with Crippen LogP contribution in [-0.4, -0.2) is 52.5 Å². The van der Waals surface area contributed by atoms with Gasteiger partial charge < -0.3 is 25.2 Å². The number of aliphatic hydroxyl groups excluding tert-OH is 4. The molecule has 0 saturated carbocycles. The van der Waals surface area contributed by atoms with Crippen LogP contribution in [0.1, 0.15) is 48.5 Å². The number of rotatable bonds is 5. The molecule has 1 unspecified atom stereocenters. The topological polar surface area (TPSA) is 107 Å². The van der Waals surface area contributed by atoms with Crippen LogP contribution in [0, 0.1) is 16.2 Å². The van der Waals surface area contributed by atoms with E-state index in [2.05, 4.69) is 0 Å². The normalized spacial score (nSPS) is 14.0. The first-order chi connectivity index (χ1) is 9.23. The SMILES string of the molecule is CC(C)(CO)C(=O)OC(O)C(C)(C)C.CC(C)(CO)CO. The van der Waals surface area contributed by atoms with Crippen molar-refractivity contribution in [2.75, 3.05) is 19.8 Å². The maximum absolute atomic E-state index is 11.4. The van der Waals surface area contributed by atoms with Crippen molar-refractivity contribution in [2.24, 2.45) is 16.2 Å². The minimum absolute atomic E-state index is 0.0451. The largest absolute Gasteiger partial charge is 0.435 e. The predicted molar refractivity (Wildman–Crippen MR) is 80.4 cm³/mol. The van der Waals surface area contributed by atoms with Crippen molar-refractivity contribution >= 4 is 5.97 Å². The van der Waals surface area contributed by atoms with E-state index in [0.29, 0.717) is 0 Å². The van der Waals surface area contributed by atoms with Crippen molar-refractivity contribution in [3.8, 4) is 0 Å². The number of hydrogen-bond acceptors (Lipinski definition) is 6. The van der Waals surface area contributed by atoms with Gasteiger partial charge in [-0.05, 0) is 13.8 Å². The molecule has 0 fully saturated rings. The maximum atomic E-state index is 11.4. The third-order valence-electron chi connectivity index (χ3n) is 2.76. The maximum Gasteiger partial charge on any atom is 0.316 e. The quantitative estimate of drug-likeness (QED) is 0.444. The molecule has 0 radical (unpaired) electrons. The van der Waals surface area contributed by atoms with Crippen LogP contribution in [-0.2, 0) is 9.53 Å². The first-order valence-corrected chi connectivity index (χ1v) is 6.95. The summed E-state index contributed by atoms with van der Waals surface area (Å²) in [4.78, 5) is 11.4. The Morgan fingerprint density at radius 2 is 1.29 bits per heavy atom. The monoisotopic (exact) mass is 308 g/mol. The van der Waals surface area contributed by atoms with E-state index in [1.807, 2.05) is 0 Å². The summed E-state index contributed by atoms with van der Waals surface area (Å²) in [6.07, 6.45) is -1.15. The van der Waals surface area contributed by atoms with Gasteiger partial charge in [-0.1, -0.05) is 34.6 Å². The van der Waals surface area contributed by atoms with E-state index in [0.717, 1.165) is 0 Å². The van der Waals surface area contributed by atoms with Crippen molar-refractivity contribution in [3.05, 3.63) is 0 Å². The van der Waals surface area contributed by atoms with E-state index in [4.69, 9.17) is 20.1 Å². The highest BCUT2D eigenvalue weighted by Crippen LogP contribution is 2.24. The van der Waals surface area contributed by atoms with Gasteiger partial charge in [0.2, 0.25) is 6.29 Å². The van der Waals surface area contributed by atoms with Gasteiger partial charge in [-0.15, -0.1) is 0 Å². The van der Waals surface area contributed by atoms with Crippen molar-refractivity contribution in [2.45, 2.75) is 54.8 Å². The van der Waals surface area contributed by atoms with Crippen LogP contribution in [0.5, 0.6) is 0 Å². The van der Waals surface area contributed by atoms with Gasteiger partial charge in [0.25, 0.3) is 0 Å². The molecule has 0 aliphatic rings. The van der Waals surface area contributed by atoms with Gasteiger partial charge in [-0.2, -0.15) is 0 Å². The van der Waals surface area contributed by atoms with E-state index >= 15 is 0 Å². The molecule has 0 aliphatic heterocycles. The van der Waals surface area contributed by atoms with Crippen LogP contribution in [0.25, 0.3) is 0 Å². The summed E-state index contributed by atoms with van der Waals surface area (Å²) in [5, 5.41) is 35.3. The van der Waals surface area contributed by atoms with E-state index in [1.54, 1.807) is 48.5 Å². The lowest BCUT2D eigenvalue weighted by Gasteiger charge is -2.28. The molecule has 0 aromatic heterocycles. The van der Waals surface area contributed by atoms with Crippen LogP contribution in [0.4, 0.5) is 0 Å². The molecular weight excluding hydrogens is 276 g/mol. The summed E-state index contributed by atoms with van der Waals surface area (Å²) in [6, 6.07) is 0. The fourth-order valence-electron chi connectivity index (χ4n) is 0.552. The molecule has 0 aliphatic carbocycles. The summed E-state index contributed by atoms with van der Waals surface area (Å²) in [5.74, 6) is -0.595. The second-order valence-electron chi connectivity index (χ2n) is 7.65. The molecule has 6 heteroatoms. The van der Waals surface area contributed by atoms with Crippen LogP contribution >= 0.6 is 0 Å². The second-order valence-corrected chi connectivity index (χ2v) is 7.65. The Balaban J connectivity index is 0. The molecule has 0 bridgehead atoms. The molecule has 0 aromatic carbocycles. The minimum atomic E-state index is -1.15. The molecule has 6 nitrogen and oxygen atoms in total. The lowest BCUT2D eigenvalue weighted by atomic mass is 9.93. The number of hydrogen-bond donors (Lipinski definition) is 4. The van der Waals surface area contributed by atoms with Crippen LogP contribution in [0.15, 0.2) is 0 Å². The van der Waals surface area contributed by atoms with Gasteiger partial charge in [0, 0.05) is 10.8 Å². The van der Waals surface area contributed by atoms with Crippen molar-refractivity contribution in [1.29, 1.82) is 0 Å². The number of esters is 1. The zero-order valence-electron chi connectivity index (χ0n) is 14.3. The number of carbonyl (C=O) groups excluding carboxylic acids is 1. The molecule has 0 amide bonds. The van der Waals surface area contributed by atoms with E-state index in [1.165, 1.54) is 0 Å². The van der Waals surface area contributed by atoms with Crippen LogP contribution < -0.4 is 0 Å². The van der Waals surface area contributed by atoms with Crippen LogP contribution in [0.3, 0.4) is 0 Å². The third kappa shape index (κ3) is 9.79. The highest BCUT2D eigenvalue weighted by atomic mass is 16.6. The fourth-order valence-corrected chi connectivity index (χ4v) is 0.552. The number of carbonyl (C=O) groups is 1. The Labute approximate surface area is 127 Å². The summed E-state index contributed by atoms with van der Waals surface area (Å²) in [5.41, 5.74) is -1.78. The lowest BCUT2D eigenvalue weighted by molar-refractivity contribution is -0.197. The average molecular weight is 308 g/mol. The first kappa shape index (κ1) is 22.6. The molecule has 0 rings (SSSR count). The highest BCUT2D eigenvalue weighted by Gasteiger charge is 2.33. The highest BCUT2D eigenvalue weighted by molar-refractivity contribution is 5.76. The zero-order chi connectivity index (χ0) is 17.5. The average Bonchev–Trinajstić information content (AvgIpc) is 2.38. The molecule has 128 valence electrons. The first-order valence-electron chi connectivity index (χ1n) is 6.95. The van der Waals surface area contributed by atoms with Gasteiger partial charge in [0.15, 0.2) is 0 Å². The Morgan fingerprint density at radius 1 is 0.905 bits per heavy atom. The third-order valence-corrected chi connectivity index (χ3v) is 2.76. The minimum Gasteiger partial charge on any atom is -0.435 e. The van der Waals surface area contributed by atoms with Gasteiger partial charge in [0.1, 0.15) is 0 Å². The Morgan fingerprint density at radius 3 is 1.48 bits per heavy atom. The number of ether oxygens (including phenoxy) is 1. The number of aliphatic hydroxyl groups is 4. The summed E-state index contributed by atoms with van der Waals surface area (Å²) < 4.78 is 4.83.